The normalized spacial score (nSPS) is 12.8. The summed E-state index contributed by atoms with van der Waals surface area (Å²) in [5.74, 6) is -0.514. The maximum absolute atomic E-state index is 8.01. The van der Waals surface area contributed by atoms with Crippen molar-refractivity contribution in [2.45, 2.75) is 0 Å². The fourth-order valence-electron chi connectivity index (χ4n) is 0.178. The highest BCUT2D eigenvalue weighted by Gasteiger charge is 2.02. The fourth-order valence-corrected chi connectivity index (χ4v) is 0.178. The molecule has 9 heavy (non-hydrogen) atoms. The molecule has 0 spiro atoms. The summed E-state index contributed by atoms with van der Waals surface area (Å²) in [6.45, 7) is 0. The minimum Gasteiger partial charge on any atom is -0.410 e. The van der Waals surface area contributed by atoms with Crippen molar-refractivity contribution in [3.05, 3.63) is 0 Å². The van der Waals surface area contributed by atoms with E-state index in [4.69, 9.17) is 21.4 Å². The van der Waals surface area contributed by atoms with Crippen LogP contribution in [0.3, 0.4) is 0 Å². The molecule has 6 heteroatoms. The number of nitrogens with two attached hydrogens (primary N) is 1. The third kappa shape index (κ3) is 1.65. The predicted molar refractivity (Wildman–Crippen MR) is 28.2 cm³/mol. The van der Waals surface area contributed by atoms with Crippen LogP contribution in [0.2, 0.25) is 0 Å². The molecule has 0 aliphatic carbocycles. The molecule has 0 aromatic heterocycles. The van der Waals surface area contributed by atoms with Crippen molar-refractivity contribution in [1.82, 2.24) is 0 Å². The van der Waals surface area contributed by atoms with Gasteiger partial charge >= 0.3 is 0 Å². The van der Waals surface area contributed by atoms with E-state index in [0.29, 0.717) is 0 Å². The molecule has 0 aliphatic heterocycles. The molecular formula is C3H4N4O2. The van der Waals surface area contributed by atoms with Crippen LogP contribution in [0, 0.1) is 11.3 Å². The van der Waals surface area contributed by atoms with Gasteiger partial charge in [0.15, 0.2) is 0 Å². The smallest absolute Gasteiger partial charge is 0.224 e. The van der Waals surface area contributed by atoms with Crippen LogP contribution >= 0.6 is 0 Å². The van der Waals surface area contributed by atoms with E-state index in [9.17, 15) is 0 Å². The summed E-state index contributed by atoms with van der Waals surface area (Å²) in [7, 11) is 0. The lowest BCUT2D eigenvalue weighted by Crippen LogP contribution is -2.22. The van der Waals surface area contributed by atoms with Crippen molar-refractivity contribution in [3.8, 4) is 6.07 Å². The molecule has 0 saturated heterocycles. The number of amidine groups is 1. The minimum absolute atomic E-state index is 0.514. The Bertz CT molecular complexity index is 188. The second-order valence-corrected chi connectivity index (χ2v) is 1.05. The Morgan fingerprint density at radius 2 is 2.00 bits per heavy atom. The third-order valence-corrected chi connectivity index (χ3v) is 0.556. The van der Waals surface area contributed by atoms with Crippen molar-refractivity contribution in [1.29, 1.82) is 5.26 Å². The molecule has 0 aromatic rings. The van der Waals surface area contributed by atoms with E-state index in [0.717, 1.165) is 0 Å². The molecule has 0 unspecified atom stereocenters. The second-order valence-electron chi connectivity index (χ2n) is 1.05. The zero-order valence-electron chi connectivity index (χ0n) is 4.31. The summed E-state index contributed by atoms with van der Waals surface area (Å²) in [4.78, 5) is 0. The van der Waals surface area contributed by atoms with Crippen LogP contribution in [0.4, 0.5) is 0 Å². The van der Waals surface area contributed by atoms with E-state index >= 15 is 0 Å². The van der Waals surface area contributed by atoms with Crippen LogP contribution in [0.15, 0.2) is 10.3 Å². The molecular weight excluding hydrogens is 124 g/mol. The van der Waals surface area contributed by atoms with Gasteiger partial charge in [-0.1, -0.05) is 10.3 Å². The lowest BCUT2D eigenvalue weighted by atomic mass is 10.4. The van der Waals surface area contributed by atoms with Gasteiger partial charge in [0.2, 0.25) is 11.5 Å². The summed E-state index contributed by atoms with van der Waals surface area (Å²) in [5, 5.41) is 28.7. The van der Waals surface area contributed by atoms with Gasteiger partial charge in [0.25, 0.3) is 0 Å². The summed E-state index contributed by atoms with van der Waals surface area (Å²) in [6, 6.07) is 1.39. The van der Waals surface area contributed by atoms with E-state index in [1.165, 1.54) is 6.07 Å². The zero-order valence-corrected chi connectivity index (χ0v) is 4.31. The molecule has 0 fully saturated rings. The van der Waals surface area contributed by atoms with Gasteiger partial charge in [-0.3, -0.25) is 0 Å². The van der Waals surface area contributed by atoms with Crippen LogP contribution in [-0.2, 0) is 0 Å². The number of nitriles is 1. The number of nitrogens with zero attached hydrogens (tertiary/aromatic N) is 3. The van der Waals surface area contributed by atoms with Crippen molar-refractivity contribution < 1.29 is 10.4 Å². The van der Waals surface area contributed by atoms with Gasteiger partial charge in [-0.25, -0.2) is 0 Å². The van der Waals surface area contributed by atoms with Crippen molar-refractivity contribution in [2.75, 3.05) is 0 Å². The highest BCUT2D eigenvalue weighted by molar-refractivity contribution is 6.46. The Morgan fingerprint density at radius 1 is 1.44 bits per heavy atom. The lowest BCUT2D eigenvalue weighted by molar-refractivity contribution is 0.314. The molecule has 0 aromatic carbocycles. The summed E-state index contributed by atoms with van der Waals surface area (Å²) >= 11 is 0. The second kappa shape index (κ2) is 3.26. The average Bonchev–Trinajstić information content (AvgIpc) is 1.90. The monoisotopic (exact) mass is 128 g/mol. The molecule has 0 rings (SSSR count). The Hall–Kier alpha value is -1.77. The summed E-state index contributed by atoms with van der Waals surface area (Å²) in [6.07, 6.45) is 0. The molecule has 0 saturated carbocycles. The van der Waals surface area contributed by atoms with Crippen LogP contribution in [0.1, 0.15) is 0 Å². The van der Waals surface area contributed by atoms with Gasteiger partial charge in [0.05, 0.1) is 0 Å². The van der Waals surface area contributed by atoms with Gasteiger partial charge < -0.3 is 16.1 Å². The minimum atomic E-state index is -0.516. The average molecular weight is 128 g/mol. The number of hydrogen-bond donors (Lipinski definition) is 3. The van der Waals surface area contributed by atoms with E-state index in [1.54, 1.807) is 0 Å². The van der Waals surface area contributed by atoms with Crippen LogP contribution in [0.5, 0.6) is 0 Å². The first kappa shape index (κ1) is 7.23. The molecule has 0 atom stereocenters. The van der Waals surface area contributed by atoms with Gasteiger partial charge in [-0.2, -0.15) is 5.26 Å². The molecule has 0 heterocycles. The summed E-state index contributed by atoms with van der Waals surface area (Å²) in [5.41, 5.74) is 4.31. The van der Waals surface area contributed by atoms with Crippen molar-refractivity contribution in [2.24, 2.45) is 16.0 Å². The lowest BCUT2D eigenvalue weighted by Gasteiger charge is -1.86. The molecule has 48 valence electrons. The standard InChI is InChI=1S/C3H4N4O2/c4-1-2(6-8)3(5)7-9/h8-9H,(H2,5,7)/b6-2+. The van der Waals surface area contributed by atoms with Crippen molar-refractivity contribution >= 4 is 11.5 Å². The molecule has 0 amide bonds. The number of hydrogen-bond acceptors (Lipinski definition) is 5. The Morgan fingerprint density at radius 3 is 2.11 bits per heavy atom. The molecule has 4 N–H and O–H groups in total. The van der Waals surface area contributed by atoms with Gasteiger partial charge in [0, 0.05) is 0 Å². The summed E-state index contributed by atoms with van der Waals surface area (Å²) < 4.78 is 0. The predicted octanol–water partition coefficient (Wildman–Crippen LogP) is -0.913. The van der Waals surface area contributed by atoms with Crippen molar-refractivity contribution in [3.63, 3.8) is 0 Å². The first-order valence-corrected chi connectivity index (χ1v) is 1.86. The first-order chi connectivity index (χ1) is 4.26. The van der Waals surface area contributed by atoms with E-state index in [-0.39, 0.29) is 0 Å². The van der Waals surface area contributed by atoms with Gasteiger partial charge in [0.1, 0.15) is 6.07 Å². The molecule has 0 radical (unpaired) electrons. The maximum Gasteiger partial charge on any atom is 0.224 e. The zero-order chi connectivity index (χ0) is 7.28. The van der Waals surface area contributed by atoms with E-state index in [1.807, 2.05) is 0 Å². The van der Waals surface area contributed by atoms with Crippen LogP contribution in [0.25, 0.3) is 0 Å². The van der Waals surface area contributed by atoms with Gasteiger partial charge in [-0.15, -0.1) is 0 Å². The third-order valence-electron chi connectivity index (χ3n) is 0.556. The topological polar surface area (TPSA) is 115 Å². The number of rotatable bonds is 1. The number of oxime groups is 2. The highest BCUT2D eigenvalue weighted by Crippen LogP contribution is 1.73. The quantitative estimate of drug-likeness (QED) is 0.183. The van der Waals surface area contributed by atoms with Crippen LogP contribution in [-0.4, -0.2) is 22.0 Å². The Labute approximate surface area is 50.5 Å². The Balaban J connectivity index is 4.39. The Kier molecular flexibility index (Phi) is 2.62. The highest BCUT2D eigenvalue weighted by atomic mass is 16.4. The first-order valence-electron chi connectivity index (χ1n) is 1.86. The molecule has 6 nitrogen and oxygen atoms in total. The largest absolute Gasteiger partial charge is 0.410 e. The SMILES string of the molecule is N#CC(=N\O)/C(N)=N/O. The molecule has 0 bridgehead atoms. The fraction of sp³-hybridized carbons (Fsp3) is 0. The van der Waals surface area contributed by atoms with E-state index < -0.39 is 11.5 Å². The molecule has 0 aliphatic rings. The van der Waals surface area contributed by atoms with E-state index in [2.05, 4.69) is 10.3 Å². The van der Waals surface area contributed by atoms with Crippen LogP contribution < -0.4 is 5.73 Å². The maximum atomic E-state index is 8.01. The van der Waals surface area contributed by atoms with Gasteiger partial charge in [-0.05, 0) is 0 Å².